The number of aromatic nitrogens is 1. The average Bonchev–Trinajstić information content (AvgIpc) is 2.88. The summed E-state index contributed by atoms with van der Waals surface area (Å²) >= 11 is 1.71. The van der Waals surface area contributed by atoms with Crippen LogP contribution in [0.4, 0.5) is 0 Å². The summed E-state index contributed by atoms with van der Waals surface area (Å²) in [7, 11) is 0. The standard InChI is InChI=1S/C12H16N2O2S/c15-11(10-2-1-5-16-10)13-6-9-7-17-12(14-9)8-3-4-8/h7-8,10H,1-6H2,(H,13,15)/t10-/m1/s1. The number of hydrogen-bond acceptors (Lipinski definition) is 4. The van der Waals surface area contributed by atoms with Crippen LogP contribution >= 0.6 is 11.3 Å². The van der Waals surface area contributed by atoms with Gasteiger partial charge in [-0.3, -0.25) is 4.79 Å². The number of ether oxygens (including phenoxy) is 1. The topological polar surface area (TPSA) is 51.2 Å². The average molecular weight is 252 g/mol. The van der Waals surface area contributed by atoms with Gasteiger partial charge in [0.25, 0.3) is 0 Å². The summed E-state index contributed by atoms with van der Waals surface area (Å²) in [5.41, 5.74) is 0.975. The molecule has 0 spiro atoms. The Morgan fingerprint density at radius 1 is 1.53 bits per heavy atom. The monoisotopic (exact) mass is 252 g/mol. The minimum atomic E-state index is -0.239. The van der Waals surface area contributed by atoms with Crippen molar-refractivity contribution in [2.45, 2.75) is 44.2 Å². The van der Waals surface area contributed by atoms with Gasteiger partial charge < -0.3 is 10.1 Å². The SMILES string of the molecule is O=C(NCc1csc(C2CC2)n1)[C@H]1CCCO1. The van der Waals surface area contributed by atoms with Crippen LogP contribution in [0.1, 0.15) is 42.3 Å². The largest absolute Gasteiger partial charge is 0.368 e. The number of carbonyl (C=O) groups excluding carboxylic acids is 1. The fourth-order valence-electron chi connectivity index (χ4n) is 2.00. The van der Waals surface area contributed by atoms with Gasteiger partial charge >= 0.3 is 0 Å². The van der Waals surface area contributed by atoms with E-state index in [0.717, 1.165) is 18.5 Å². The highest BCUT2D eigenvalue weighted by Crippen LogP contribution is 2.41. The zero-order valence-corrected chi connectivity index (χ0v) is 10.5. The van der Waals surface area contributed by atoms with Crippen molar-refractivity contribution in [1.29, 1.82) is 0 Å². The molecule has 1 saturated carbocycles. The molecule has 5 heteroatoms. The molecule has 4 nitrogen and oxygen atoms in total. The van der Waals surface area contributed by atoms with Crippen LogP contribution in [0.15, 0.2) is 5.38 Å². The van der Waals surface area contributed by atoms with Crippen LogP contribution in [0.3, 0.4) is 0 Å². The number of amides is 1. The Morgan fingerprint density at radius 2 is 2.41 bits per heavy atom. The van der Waals surface area contributed by atoms with Crippen LogP contribution in [-0.2, 0) is 16.1 Å². The van der Waals surface area contributed by atoms with E-state index in [2.05, 4.69) is 10.3 Å². The molecule has 17 heavy (non-hydrogen) atoms. The molecule has 1 amide bonds. The first-order valence-corrected chi connectivity index (χ1v) is 7.04. The molecule has 1 atom stereocenters. The molecule has 3 rings (SSSR count). The fourth-order valence-corrected chi connectivity index (χ4v) is 2.99. The zero-order chi connectivity index (χ0) is 11.7. The second-order valence-electron chi connectivity index (χ2n) is 4.67. The van der Waals surface area contributed by atoms with Gasteiger partial charge in [-0.05, 0) is 25.7 Å². The molecule has 92 valence electrons. The van der Waals surface area contributed by atoms with E-state index >= 15 is 0 Å². The lowest BCUT2D eigenvalue weighted by atomic mass is 10.2. The lowest BCUT2D eigenvalue weighted by molar-refractivity contribution is -0.130. The van der Waals surface area contributed by atoms with Crippen molar-refractivity contribution in [1.82, 2.24) is 10.3 Å². The minimum absolute atomic E-state index is 0.00321. The van der Waals surface area contributed by atoms with Crippen molar-refractivity contribution >= 4 is 17.2 Å². The summed E-state index contributed by atoms with van der Waals surface area (Å²) in [6.07, 6.45) is 4.14. The third-order valence-corrected chi connectivity index (χ3v) is 4.22. The molecular weight excluding hydrogens is 236 g/mol. The van der Waals surface area contributed by atoms with Gasteiger partial charge in [-0.1, -0.05) is 0 Å². The normalized spacial score (nSPS) is 23.9. The van der Waals surface area contributed by atoms with Gasteiger partial charge in [-0.25, -0.2) is 4.98 Å². The molecule has 0 bridgehead atoms. The first kappa shape index (κ1) is 11.2. The molecule has 1 aliphatic heterocycles. The zero-order valence-electron chi connectivity index (χ0n) is 9.65. The van der Waals surface area contributed by atoms with Crippen LogP contribution in [-0.4, -0.2) is 23.6 Å². The molecule has 1 aromatic heterocycles. The predicted octanol–water partition coefficient (Wildman–Crippen LogP) is 1.82. The second-order valence-corrected chi connectivity index (χ2v) is 5.56. The highest BCUT2D eigenvalue weighted by molar-refractivity contribution is 7.09. The van der Waals surface area contributed by atoms with Crippen molar-refractivity contribution in [3.05, 3.63) is 16.1 Å². The van der Waals surface area contributed by atoms with Crippen molar-refractivity contribution in [3.63, 3.8) is 0 Å². The quantitative estimate of drug-likeness (QED) is 0.889. The van der Waals surface area contributed by atoms with Gasteiger partial charge in [-0.2, -0.15) is 0 Å². The van der Waals surface area contributed by atoms with Gasteiger partial charge in [-0.15, -0.1) is 11.3 Å². The Hall–Kier alpha value is -0.940. The molecule has 0 unspecified atom stereocenters. The number of nitrogens with zero attached hydrogens (tertiary/aromatic N) is 1. The first-order valence-electron chi connectivity index (χ1n) is 6.16. The maximum atomic E-state index is 11.7. The summed E-state index contributed by atoms with van der Waals surface area (Å²) < 4.78 is 5.33. The Kier molecular flexibility index (Phi) is 3.11. The van der Waals surface area contributed by atoms with Crippen molar-refractivity contribution < 1.29 is 9.53 Å². The van der Waals surface area contributed by atoms with Crippen molar-refractivity contribution in [2.75, 3.05) is 6.61 Å². The molecular formula is C12H16N2O2S. The van der Waals surface area contributed by atoms with E-state index in [1.165, 1.54) is 17.8 Å². The smallest absolute Gasteiger partial charge is 0.249 e. The number of hydrogen-bond donors (Lipinski definition) is 1. The summed E-state index contributed by atoms with van der Waals surface area (Å²) in [5, 5.41) is 6.17. The highest BCUT2D eigenvalue weighted by Gasteiger charge is 2.27. The van der Waals surface area contributed by atoms with E-state index in [0.29, 0.717) is 19.1 Å². The molecule has 1 N–H and O–H groups in total. The summed E-state index contributed by atoms with van der Waals surface area (Å²) in [4.78, 5) is 16.2. The van der Waals surface area contributed by atoms with Crippen molar-refractivity contribution in [3.8, 4) is 0 Å². The number of rotatable bonds is 4. The van der Waals surface area contributed by atoms with Gasteiger partial charge in [0.1, 0.15) is 6.10 Å². The highest BCUT2D eigenvalue weighted by atomic mass is 32.1. The first-order chi connectivity index (χ1) is 8.33. The van der Waals surface area contributed by atoms with Crippen LogP contribution in [0, 0.1) is 0 Å². The molecule has 1 saturated heterocycles. The molecule has 0 aromatic carbocycles. The second kappa shape index (κ2) is 4.74. The summed E-state index contributed by atoms with van der Waals surface area (Å²) in [6.45, 7) is 1.24. The van der Waals surface area contributed by atoms with E-state index < -0.39 is 0 Å². The Balaban J connectivity index is 1.50. The Labute approximate surface area is 104 Å². The Morgan fingerprint density at radius 3 is 3.12 bits per heavy atom. The number of nitrogens with one attached hydrogen (secondary N) is 1. The van der Waals surface area contributed by atoms with Gasteiger partial charge in [0.05, 0.1) is 17.2 Å². The third-order valence-electron chi connectivity index (χ3n) is 3.16. The van der Waals surface area contributed by atoms with E-state index in [-0.39, 0.29) is 12.0 Å². The fraction of sp³-hybridized carbons (Fsp3) is 0.667. The van der Waals surface area contributed by atoms with Crippen LogP contribution in [0.2, 0.25) is 0 Å². The van der Waals surface area contributed by atoms with E-state index in [1.54, 1.807) is 11.3 Å². The summed E-state index contributed by atoms with van der Waals surface area (Å²) in [6, 6.07) is 0. The van der Waals surface area contributed by atoms with E-state index in [4.69, 9.17) is 4.74 Å². The molecule has 2 heterocycles. The molecule has 2 aliphatic rings. The van der Waals surface area contributed by atoms with E-state index in [1.807, 2.05) is 5.38 Å². The maximum Gasteiger partial charge on any atom is 0.249 e. The Bertz CT molecular complexity index is 408. The number of thiazole rings is 1. The molecule has 0 radical (unpaired) electrons. The van der Waals surface area contributed by atoms with Gasteiger partial charge in [0.15, 0.2) is 0 Å². The lowest BCUT2D eigenvalue weighted by Crippen LogP contribution is -2.33. The van der Waals surface area contributed by atoms with Crippen LogP contribution in [0.5, 0.6) is 0 Å². The summed E-state index contributed by atoms with van der Waals surface area (Å²) in [5.74, 6) is 0.700. The van der Waals surface area contributed by atoms with Crippen molar-refractivity contribution in [2.24, 2.45) is 0 Å². The van der Waals surface area contributed by atoms with Gasteiger partial charge in [0.2, 0.25) is 5.91 Å². The predicted molar refractivity (Wildman–Crippen MR) is 64.9 cm³/mol. The third kappa shape index (κ3) is 2.66. The molecule has 1 aliphatic carbocycles. The van der Waals surface area contributed by atoms with E-state index in [9.17, 15) is 4.79 Å². The lowest BCUT2D eigenvalue weighted by Gasteiger charge is -2.08. The molecule has 1 aromatic rings. The van der Waals surface area contributed by atoms with Crippen LogP contribution < -0.4 is 5.32 Å². The maximum absolute atomic E-state index is 11.7. The van der Waals surface area contributed by atoms with Crippen LogP contribution in [0.25, 0.3) is 0 Å². The minimum Gasteiger partial charge on any atom is -0.368 e. The molecule has 2 fully saturated rings. The van der Waals surface area contributed by atoms with Gasteiger partial charge in [0, 0.05) is 17.9 Å². The number of carbonyl (C=O) groups is 1.